The second kappa shape index (κ2) is 5.58. The van der Waals surface area contributed by atoms with E-state index in [2.05, 4.69) is 4.72 Å². The Morgan fingerprint density at radius 2 is 2.37 bits per heavy atom. The molecule has 1 amide bonds. The minimum atomic E-state index is -3.61. The van der Waals surface area contributed by atoms with Crippen molar-refractivity contribution in [3.8, 4) is 0 Å². The van der Waals surface area contributed by atoms with Gasteiger partial charge in [-0.1, -0.05) is 6.07 Å². The maximum Gasteiger partial charge on any atom is 0.250 e. The number of hydrogen-bond donors (Lipinski definition) is 2. The summed E-state index contributed by atoms with van der Waals surface area (Å²) in [5.74, 6) is -0.229. The van der Waals surface area contributed by atoms with Gasteiger partial charge in [-0.05, 0) is 24.8 Å². The summed E-state index contributed by atoms with van der Waals surface area (Å²) >= 11 is 1.12. The number of sulfonamides is 1. The Morgan fingerprint density at radius 1 is 1.63 bits per heavy atom. The zero-order chi connectivity index (χ0) is 14.0. The number of likely N-dealkylation sites (tertiary alicyclic amines) is 1. The van der Waals surface area contributed by atoms with Gasteiger partial charge in [-0.15, -0.1) is 11.3 Å². The average molecular weight is 303 g/mol. The van der Waals surface area contributed by atoms with E-state index in [1.54, 1.807) is 23.3 Å². The number of rotatable bonds is 4. The molecular formula is C11H17N3O3S2. The fourth-order valence-electron chi connectivity index (χ4n) is 2.02. The van der Waals surface area contributed by atoms with Crippen LogP contribution in [0.5, 0.6) is 0 Å². The molecule has 8 heteroatoms. The third kappa shape index (κ3) is 3.33. The Morgan fingerprint density at radius 3 is 2.89 bits per heavy atom. The zero-order valence-electron chi connectivity index (χ0n) is 10.6. The predicted molar refractivity (Wildman–Crippen MR) is 73.3 cm³/mol. The van der Waals surface area contributed by atoms with Crippen LogP contribution in [0.3, 0.4) is 0 Å². The first kappa shape index (κ1) is 14.4. The molecule has 0 radical (unpaired) electrons. The van der Waals surface area contributed by atoms with Crippen LogP contribution in [-0.4, -0.2) is 44.4 Å². The van der Waals surface area contributed by atoms with Crippen molar-refractivity contribution in [2.75, 3.05) is 13.1 Å². The summed E-state index contributed by atoms with van der Waals surface area (Å²) in [5, 5.41) is 1.68. The summed E-state index contributed by atoms with van der Waals surface area (Å²) in [7, 11) is -3.61. The van der Waals surface area contributed by atoms with Gasteiger partial charge in [-0.3, -0.25) is 4.79 Å². The molecule has 19 heavy (non-hydrogen) atoms. The predicted octanol–water partition coefficient (Wildman–Crippen LogP) is -0.0255. The van der Waals surface area contributed by atoms with E-state index in [9.17, 15) is 13.2 Å². The molecule has 2 atom stereocenters. The monoisotopic (exact) mass is 303 g/mol. The number of nitrogens with one attached hydrogen (secondary N) is 1. The number of thiophene rings is 1. The van der Waals surface area contributed by atoms with E-state index < -0.39 is 16.1 Å². The lowest BCUT2D eigenvalue weighted by molar-refractivity contribution is -0.131. The average Bonchev–Trinajstić information content (AvgIpc) is 2.97. The van der Waals surface area contributed by atoms with E-state index in [4.69, 9.17) is 5.73 Å². The summed E-state index contributed by atoms with van der Waals surface area (Å²) in [6.07, 6.45) is 0.760. The van der Waals surface area contributed by atoms with E-state index in [0.717, 1.165) is 17.8 Å². The van der Waals surface area contributed by atoms with Crippen LogP contribution in [0.4, 0.5) is 0 Å². The van der Waals surface area contributed by atoms with Crippen LogP contribution in [0.25, 0.3) is 0 Å². The van der Waals surface area contributed by atoms with Gasteiger partial charge in [0.2, 0.25) is 5.91 Å². The molecule has 0 aliphatic carbocycles. The topological polar surface area (TPSA) is 92.5 Å². The van der Waals surface area contributed by atoms with Crippen LogP contribution in [0.2, 0.25) is 0 Å². The largest absolute Gasteiger partial charge is 0.340 e. The SMILES string of the molecule is CC(NS(=O)(=O)c1cccs1)C(=O)N1CC[C@@H](N)C1. The number of amides is 1. The highest BCUT2D eigenvalue weighted by atomic mass is 32.2. The fraction of sp³-hybridized carbons (Fsp3) is 0.545. The second-order valence-electron chi connectivity index (χ2n) is 4.61. The van der Waals surface area contributed by atoms with E-state index >= 15 is 0 Å². The van der Waals surface area contributed by atoms with Gasteiger partial charge in [0.15, 0.2) is 0 Å². The lowest BCUT2D eigenvalue weighted by atomic mass is 10.3. The normalized spacial score (nSPS) is 21.6. The van der Waals surface area contributed by atoms with Gasteiger partial charge in [0, 0.05) is 19.1 Å². The second-order valence-corrected chi connectivity index (χ2v) is 7.50. The maximum absolute atomic E-state index is 12.1. The lowest BCUT2D eigenvalue weighted by Gasteiger charge is -2.21. The van der Waals surface area contributed by atoms with Gasteiger partial charge in [0.1, 0.15) is 4.21 Å². The molecule has 6 nitrogen and oxygen atoms in total. The number of nitrogens with two attached hydrogens (primary N) is 1. The highest BCUT2D eigenvalue weighted by molar-refractivity contribution is 7.91. The highest BCUT2D eigenvalue weighted by Gasteiger charge is 2.30. The van der Waals surface area contributed by atoms with Gasteiger partial charge < -0.3 is 10.6 Å². The molecule has 1 fully saturated rings. The Labute approximate surface area is 116 Å². The number of carbonyl (C=O) groups excluding carboxylic acids is 1. The molecule has 3 N–H and O–H groups in total. The van der Waals surface area contributed by atoms with Crippen molar-refractivity contribution in [3.63, 3.8) is 0 Å². The molecule has 1 unspecified atom stereocenters. The number of carbonyl (C=O) groups is 1. The summed E-state index contributed by atoms with van der Waals surface area (Å²) < 4.78 is 26.6. The van der Waals surface area contributed by atoms with Crippen LogP contribution in [0.1, 0.15) is 13.3 Å². The summed E-state index contributed by atoms with van der Waals surface area (Å²) in [6, 6.07) is 2.38. The number of nitrogens with zero attached hydrogens (tertiary/aromatic N) is 1. The molecule has 1 aliphatic heterocycles. The smallest absolute Gasteiger partial charge is 0.250 e. The fourth-order valence-corrected chi connectivity index (χ4v) is 4.23. The Bertz CT molecular complexity index is 542. The molecule has 1 aromatic heterocycles. The molecule has 0 saturated carbocycles. The van der Waals surface area contributed by atoms with Gasteiger partial charge in [-0.25, -0.2) is 8.42 Å². The maximum atomic E-state index is 12.1. The van der Waals surface area contributed by atoms with Crippen molar-refractivity contribution in [2.24, 2.45) is 5.73 Å². The van der Waals surface area contributed by atoms with Crippen molar-refractivity contribution in [1.82, 2.24) is 9.62 Å². The summed E-state index contributed by atoms with van der Waals surface area (Å²) in [4.78, 5) is 13.7. The van der Waals surface area contributed by atoms with Gasteiger partial charge in [0.05, 0.1) is 6.04 Å². The first-order valence-electron chi connectivity index (χ1n) is 6.00. The minimum Gasteiger partial charge on any atom is -0.340 e. The molecule has 106 valence electrons. The van der Waals surface area contributed by atoms with Crippen molar-refractivity contribution < 1.29 is 13.2 Å². The minimum absolute atomic E-state index is 0.00921. The molecular weight excluding hydrogens is 286 g/mol. The Hall–Kier alpha value is -0.960. The molecule has 0 aromatic carbocycles. The van der Waals surface area contributed by atoms with Gasteiger partial charge >= 0.3 is 0 Å². The highest BCUT2D eigenvalue weighted by Crippen LogP contribution is 2.16. The molecule has 2 heterocycles. The lowest BCUT2D eigenvalue weighted by Crippen LogP contribution is -2.46. The first-order chi connectivity index (χ1) is 8.90. The molecule has 2 rings (SSSR count). The third-order valence-corrected chi connectivity index (χ3v) is 5.94. The summed E-state index contributed by atoms with van der Waals surface area (Å²) in [6.45, 7) is 2.63. The van der Waals surface area contributed by atoms with Gasteiger partial charge in [0.25, 0.3) is 10.0 Å². The van der Waals surface area contributed by atoms with Crippen LogP contribution in [-0.2, 0) is 14.8 Å². The van der Waals surface area contributed by atoms with Crippen molar-refractivity contribution in [1.29, 1.82) is 0 Å². The van der Waals surface area contributed by atoms with Crippen molar-refractivity contribution >= 4 is 27.3 Å². The third-order valence-electron chi connectivity index (χ3n) is 3.00. The molecule has 1 saturated heterocycles. The first-order valence-corrected chi connectivity index (χ1v) is 8.36. The molecule has 1 aliphatic rings. The number of hydrogen-bond acceptors (Lipinski definition) is 5. The Balaban J connectivity index is 2.01. The van der Waals surface area contributed by atoms with E-state index in [0.29, 0.717) is 13.1 Å². The van der Waals surface area contributed by atoms with E-state index in [1.807, 2.05) is 0 Å². The van der Waals surface area contributed by atoms with Crippen LogP contribution in [0, 0.1) is 0 Å². The van der Waals surface area contributed by atoms with E-state index in [-0.39, 0.29) is 16.2 Å². The van der Waals surface area contributed by atoms with Crippen LogP contribution in [0.15, 0.2) is 21.7 Å². The summed E-state index contributed by atoms with van der Waals surface area (Å²) in [5.41, 5.74) is 5.74. The molecule has 0 spiro atoms. The Kier molecular flexibility index (Phi) is 4.24. The van der Waals surface area contributed by atoms with E-state index in [1.165, 1.54) is 6.07 Å². The van der Waals surface area contributed by atoms with Gasteiger partial charge in [-0.2, -0.15) is 4.72 Å². The molecule has 0 bridgehead atoms. The zero-order valence-corrected chi connectivity index (χ0v) is 12.2. The molecule has 1 aromatic rings. The standard InChI is InChI=1S/C11H17N3O3S2/c1-8(11(15)14-5-4-9(12)7-14)13-19(16,17)10-3-2-6-18-10/h2-3,6,8-9,13H,4-5,7,12H2,1H3/t8?,9-/m1/s1. The van der Waals surface area contributed by atoms with Crippen molar-refractivity contribution in [2.45, 2.75) is 29.6 Å². The van der Waals surface area contributed by atoms with Crippen LogP contribution < -0.4 is 10.5 Å². The van der Waals surface area contributed by atoms with Crippen molar-refractivity contribution in [3.05, 3.63) is 17.5 Å². The quantitative estimate of drug-likeness (QED) is 0.817. The van der Waals surface area contributed by atoms with Crippen LogP contribution >= 0.6 is 11.3 Å².